The molecule has 5 heteroatoms. The van der Waals surface area contributed by atoms with Gasteiger partial charge in [0.2, 0.25) is 5.91 Å². The van der Waals surface area contributed by atoms with Crippen LogP contribution in [0.5, 0.6) is 0 Å². The Kier molecular flexibility index (Phi) is 3.22. The number of halogens is 1. The van der Waals surface area contributed by atoms with Crippen molar-refractivity contribution in [2.24, 2.45) is 0 Å². The molecule has 1 aliphatic rings. The van der Waals surface area contributed by atoms with Crippen LogP contribution in [0.4, 0.5) is 0 Å². The van der Waals surface area contributed by atoms with Crippen LogP contribution in [-0.2, 0) is 11.2 Å². The zero-order valence-corrected chi connectivity index (χ0v) is 11.4. The van der Waals surface area contributed by atoms with Gasteiger partial charge in [-0.2, -0.15) is 0 Å². The van der Waals surface area contributed by atoms with Gasteiger partial charge >= 0.3 is 0 Å². The molecule has 0 spiro atoms. The van der Waals surface area contributed by atoms with E-state index in [2.05, 4.69) is 11.1 Å². The average molecular weight is 281 g/mol. The number of likely N-dealkylation sites (tertiary alicyclic amines) is 1. The molecule has 3 rings (SSSR count). The minimum Gasteiger partial charge on any atom is -0.341 e. The van der Waals surface area contributed by atoms with E-state index in [1.54, 1.807) is 11.3 Å². The molecule has 1 aromatic carbocycles. The highest BCUT2D eigenvalue weighted by Crippen LogP contribution is 2.23. The Bertz CT molecular complexity index is 550. The molecular formula is C13H13ClN2OS. The quantitative estimate of drug-likeness (QED) is 0.810. The predicted molar refractivity (Wildman–Crippen MR) is 74.2 cm³/mol. The molecule has 2 aromatic rings. The molecule has 1 unspecified atom stereocenters. The van der Waals surface area contributed by atoms with Crippen molar-refractivity contribution in [3.8, 4) is 0 Å². The largest absolute Gasteiger partial charge is 0.341 e. The molecule has 1 fully saturated rings. The Morgan fingerprint density at radius 1 is 1.44 bits per heavy atom. The number of aromatic nitrogens is 1. The van der Waals surface area contributed by atoms with E-state index < -0.39 is 0 Å². The Morgan fingerprint density at radius 3 is 3.00 bits per heavy atom. The summed E-state index contributed by atoms with van der Waals surface area (Å²) in [5.74, 6) is 0.163. The second-order valence-electron chi connectivity index (χ2n) is 4.47. The number of nitrogens with zero attached hydrogens (tertiary/aromatic N) is 2. The topological polar surface area (TPSA) is 33.2 Å². The first-order chi connectivity index (χ1) is 8.72. The van der Waals surface area contributed by atoms with Crippen molar-refractivity contribution >= 4 is 39.1 Å². The highest BCUT2D eigenvalue weighted by atomic mass is 35.5. The summed E-state index contributed by atoms with van der Waals surface area (Å²) in [7, 11) is 0. The monoisotopic (exact) mass is 280 g/mol. The van der Waals surface area contributed by atoms with Gasteiger partial charge in [-0.1, -0.05) is 12.1 Å². The van der Waals surface area contributed by atoms with Crippen LogP contribution in [-0.4, -0.2) is 34.3 Å². The van der Waals surface area contributed by atoms with Gasteiger partial charge in [0.1, 0.15) is 0 Å². The second kappa shape index (κ2) is 4.86. The SMILES string of the molecule is O=C1CC(Cl)CN1CCc1nc2ccccc2s1. The number of hydrogen-bond donors (Lipinski definition) is 0. The van der Waals surface area contributed by atoms with Crippen molar-refractivity contribution in [2.75, 3.05) is 13.1 Å². The van der Waals surface area contributed by atoms with E-state index in [9.17, 15) is 4.79 Å². The fourth-order valence-electron chi connectivity index (χ4n) is 2.20. The van der Waals surface area contributed by atoms with Crippen LogP contribution in [0.25, 0.3) is 10.2 Å². The lowest BCUT2D eigenvalue weighted by Gasteiger charge is -2.14. The van der Waals surface area contributed by atoms with Crippen LogP contribution in [0.15, 0.2) is 24.3 Å². The molecule has 1 atom stereocenters. The number of carbonyl (C=O) groups is 1. The summed E-state index contributed by atoms with van der Waals surface area (Å²) < 4.78 is 1.20. The Morgan fingerprint density at radius 2 is 2.28 bits per heavy atom. The molecule has 1 saturated heterocycles. The molecule has 0 radical (unpaired) electrons. The molecule has 0 bridgehead atoms. The van der Waals surface area contributed by atoms with Crippen LogP contribution in [0, 0.1) is 0 Å². The maximum Gasteiger partial charge on any atom is 0.224 e. The van der Waals surface area contributed by atoms with E-state index in [4.69, 9.17) is 11.6 Å². The Hall–Kier alpha value is -1.13. The summed E-state index contributed by atoms with van der Waals surface area (Å²) >= 11 is 7.67. The molecule has 0 aliphatic carbocycles. The van der Waals surface area contributed by atoms with Gasteiger partial charge in [0.15, 0.2) is 0 Å². The van der Waals surface area contributed by atoms with Gasteiger partial charge in [0.25, 0.3) is 0 Å². The average Bonchev–Trinajstić information content (AvgIpc) is 2.89. The summed E-state index contributed by atoms with van der Waals surface area (Å²) in [6.07, 6.45) is 1.29. The summed E-state index contributed by atoms with van der Waals surface area (Å²) in [6, 6.07) is 8.11. The van der Waals surface area contributed by atoms with Crippen molar-refractivity contribution in [1.82, 2.24) is 9.88 Å². The summed E-state index contributed by atoms with van der Waals surface area (Å²) in [6.45, 7) is 1.40. The molecule has 94 valence electrons. The molecule has 2 heterocycles. The number of fused-ring (bicyclic) bond motifs is 1. The molecule has 1 aliphatic heterocycles. The third-order valence-corrected chi connectivity index (χ3v) is 4.49. The van der Waals surface area contributed by atoms with E-state index in [0.29, 0.717) is 13.0 Å². The molecule has 0 N–H and O–H groups in total. The standard InChI is InChI=1S/C13H13ClN2OS/c14-9-7-13(17)16(8-9)6-5-12-15-10-3-1-2-4-11(10)18-12/h1-4,9H,5-8H2. The minimum atomic E-state index is -0.0205. The summed E-state index contributed by atoms with van der Waals surface area (Å²) in [5, 5.41) is 1.06. The first-order valence-electron chi connectivity index (χ1n) is 5.98. The third-order valence-electron chi connectivity index (χ3n) is 3.10. The fraction of sp³-hybridized carbons (Fsp3) is 0.385. The fourth-order valence-corrected chi connectivity index (χ4v) is 3.45. The second-order valence-corrected chi connectivity index (χ2v) is 6.20. The number of hydrogen-bond acceptors (Lipinski definition) is 3. The first-order valence-corrected chi connectivity index (χ1v) is 7.24. The normalized spacial score (nSPS) is 19.9. The van der Waals surface area contributed by atoms with E-state index in [0.717, 1.165) is 23.5 Å². The van der Waals surface area contributed by atoms with Crippen LogP contribution in [0.1, 0.15) is 11.4 Å². The van der Waals surface area contributed by atoms with Gasteiger partial charge in [-0.15, -0.1) is 22.9 Å². The van der Waals surface area contributed by atoms with Gasteiger partial charge < -0.3 is 4.90 Å². The van der Waals surface area contributed by atoms with Gasteiger partial charge in [0, 0.05) is 25.9 Å². The van der Waals surface area contributed by atoms with Gasteiger partial charge in [-0.05, 0) is 12.1 Å². The third kappa shape index (κ3) is 2.35. The van der Waals surface area contributed by atoms with E-state index in [1.165, 1.54) is 4.70 Å². The smallest absolute Gasteiger partial charge is 0.224 e. The predicted octanol–water partition coefficient (Wildman–Crippen LogP) is 2.68. The zero-order chi connectivity index (χ0) is 12.5. The molecule has 1 amide bonds. The van der Waals surface area contributed by atoms with Crippen LogP contribution < -0.4 is 0 Å². The van der Waals surface area contributed by atoms with Crippen molar-refractivity contribution in [3.05, 3.63) is 29.3 Å². The van der Waals surface area contributed by atoms with Gasteiger partial charge in [0.05, 0.1) is 20.6 Å². The number of amides is 1. The minimum absolute atomic E-state index is 0.0205. The van der Waals surface area contributed by atoms with Crippen LogP contribution in [0.3, 0.4) is 0 Å². The lowest BCUT2D eigenvalue weighted by molar-refractivity contribution is -0.127. The van der Waals surface area contributed by atoms with Crippen molar-refractivity contribution in [1.29, 1.82) is 0 Å². The van der Waals surface area contributed by atoms with Crippen molar-refractivity contribution < 1.29 is 4.79 Å². The Labute approximate surface area is 114 Å². The number of para-hydroxylation sites is 1. The van der Waals surface area contributed by atoms with Crippen LogP contribution >= 0.6 is 22.9 Å². The molecule has 1 aromatic heterocycles. The first kappa shape index (κ1) is 11.9. The number of carbonyl (C=O) groups excluding carboxylic acids is 1. The summed E-state index contributed by atoms with van der Waals surface area (Å²) in [5.41, 5.74) is 1.04. The lowest BCUT2D eigenvalue weighted by Crippen LogP contribution is -2.27. The Balaban J connectivity index is 1.68. The highest BCUT2D eigenvalue weighted by Gasteiger charge is 2.27. The maximum atomic E-state index is 11.6. The lowest BCUT2D eigenvalue weighted by atomic mass is 10.3. The number of alkyl halides is 1. The molecule has 0 saturated carbocycles. The molecule has 18 heavy (non-hydrogen) atoms. The highest BCUT2D eigenvalue weighted by molar-refractivity contribution is 7.18. The van der Waals surface area contributed by atoms with Gasteiger partial charge in [-0.3, -0.25) is 4.79 Å². The van der Waals surface area contributed by atoms with Crippen molar-refractivity contribution in [2.45, 2.75) is 18.2 Å². The van der Waals surface area contributed by atoms with E-state index in [1.807, 2.05) is 23.1 Å². The van der Waals surface area contributed by atoms with Gasteiger partial charge in [-0.25, -0.2) is 4.98 Å². The zero-order valence-electron chi connectivity index (χ0n) is 9.80. The number of rotatable bonds is 3. The van der Waals surface area contributed by atoms with Crippen LogP contribution in [0.2, 0.25) is 0 Å². The number of thiazole rings is 1. The summed E-state index contributed by atoms with van der Waals surface area (Å²) in [4.78, 5) is 18.0. The number of benzene rings is 1. The van der Waals surface area contributed by atoms with E-state index >= 15 is 0 Å². The molecule has 3 nitrogen and oxygen atoms in total. The maximum absolute atomic E-state index is 11.6. The van der Waals surface area contributed by atoms with E-state index in [-0.39, 0.29) is 11.3 Å². The van der Waals surface area contributed by atoms with Crippen molar-refractivity contribution in [3.63, 3.8) is 0 Å². The molecular weight excluding hydrogens is 268 g/mol.